The Kier molecular flexibility index (Phi) is 26.8. The quantitative estimate of drug-likeness (QED) is 0.0193. The van der Waals surface area contributed by atoms with Crippen LogP contribution in [0.15, 0.2) is 110 Å². The van der Waals surface area contributed by atoms with E-state index in [1.165, 1.54) is 19.2 Å². The zero-order valence-electron chi connectivity index (χ0n) is 52.7. The minimum absolute atomic E-state index is 0.0242. The van der Waals surface area contributed by atoms with Crippen LogP contribution in [0.3, 0.4) is 0 Å². The van der Waals surface area contributed by atoms with Gasteiger partial charge in [-0.05, 0) is 168 Å². The Morgan fingerprint density at radius 1 is 0.607 bits per heavy atom. The number of benzene rings is 4. The third-order valence-corrected chi connectivity index (χ3v) is 13.0. The molecule has 16 nitrogen and oxygen atoms in total. The summed E-state index contributed by atoms with van der Waals surface area (Å²) in [7, 11) is -3.28. The van der Waals surface area contributed by atoms with Crippen LogP contribution in [0.4, 0.5) is 0 Å². The first-order chi connectivity index (χ1) is 38.7. The number of carbonyl (C=O) groups is 5. The highest BCUT2D eigenvalue weighted by molar-refractivity contribution is 7.86. The van der Waals surface area contributed by atoms with E-state index in [-0.39, 0.29) is 62.1 Å². The van der Waals surface area contributed by atoms with Crippen molar-refractivity contribution in [2.24, 2.45) is 5.92 Å². The van der Waals surface area contributed by atoms with Crippen molar-refractivity contribution in [3.63, 3.8) is 0 Å². The van der Waals surface area contributed by atoms with E-state index in [1.54, 1.807) is 62.3 Å². The number of esters is 4. The van der Waals surface area contributed by atoms with Crippen LogP contribution >= 0.6 is 11.6 Å². The molecule has 1 N–H and O–H groups in total. The second-order valence-corrected chi connectivity index (χ2v) is 27.6. The molecular weight excluding hydrogens is 1110 g/mol. The Hall–Kier alpha value is -6.27. The molecule has 1 aliphatic carbocycles. The summed E-state index contributed by atoms with van der Waals surface area (Å²) in [6.45, 7) is 36.6. The maximum Gasteiger partial charge on any atom is 0.306 e. The molecule has 0 aromatic heterocycles. The largest absolute Gasteiger partial charge is 0.493 e. The first-order valence-corrected chi connectivity index (χ1v) is 30.7. The smallest absolute Gasteiger partial charge is 0.306 e. The van der Waals surface area contributed by atoms with E-state index in [1.807, 2.05) is 52.0 Å². The molecule has 2 aliphatic rings. The molecule has 2 unspecified atom stereocenters. The SMILES string of the molecule is C=CC(=O)NC(C)(C)C.CC(C)(C)N1CC1.CC(C)(C)OS(C)(=O)=O.CC(COC(=O)CCC(=O)OC(C)(C)C)COc1ccc(C2(c3ccc(OCC(CCl)OC(=O)CCC(=O)OC(C)(C)C)cc3)c3ccccc3-c3ccccc32)cc1. The molecule has 0 saturated carbocycles. The van der Waals surface area contributed by atoms with Gasteiger partial charge in [-0.15, -0.1) is 11.6 Å². The Morgan fingerprint density at radius 3 is 1.36 bits per heavy atom. The lowest BCUT2D eigenvalue weighted by Crippen LogP contribution is -2.39. The van der Waals surface area contributed by atoms with Gasteiger partial charge in [-0.3, -0.25) is 33.1 Å². The number of alkyl halides is 1. The highest BCUT2D eigenvalue weighted by Crippen LogP contribution is 2.56. The number of hydrogen-bond acceptors (Lipinski definition) is 15. The average molecular weight is 1210 g/mol. The second kappa shape index (κ2) is 31.2. The zero-order valence-corrected chi connectivity index (χ0v) is 54.3. The Balaban J connectivity index is 0.000000607. The first kappa shape index (κ1) is 72.0. The van der Waals surface area contributed by atoms with Gasteiger partial charge in [0, 0.05) is 30.1 Å². The van der Waals surface area contributed by atoms with Crippen molar-refractivity contribution >= 4 is 51.5 Å². The number of hydrogen-bond donors (Lipinski definition) is 1. The number of nitrogens with one attached hydrogen (secondary N) is 1. The summed E-state index contributed by atoms with van der Waals surface area (Å²) >= 11 is 6.14. The lowest BCUT2D eigenvalue weighted by molar-refractivity contribution is -0.159. The van der Waals surface area contributed by atoms with Gasteiger partial charge < -0.3 is 33.7 Å². The van der Waals surface area contributed by atoms with E-state index in [9.17, 15) is 32.4 Å². The third-order valence-electron chi connectivity index (χ3n) is 11.9. The van der Waals surface area contributed by atoms with Crippen molar-refractivity contribution in [2.75, 3.05) is 45.0 Å². The van der Waals surface area contributed by atoms with Crippen molar-refractivity contribution < 1.29 is 65.0 Å². The third kappa shape index (κ3) is 26.3. The van der Waals surface area contributed by atoms with Crippen molar-refractivity contribution in [1.82, 2.24) is 10.2 Å². The van der Waals surface area contributed by atoms with Gasteiger partial charge in [-0.25, -0.2) is 0 Å². The van der Waals surface area contributed by atoms with Crippen LogP contribution in [-0.2, 0) is 62.6 Å². The average Bonchev–Trinajstić information content (AvgIpc) is 1.60. The molecule has 1 heterocycles. The summed E-state index contributed by atoms with van der Waals surface area (Å²) in [4.78, 5) is 61.8. The first-order valence-electron chi connectivity index (χ1n) is 28.4. The Bertz CT molecular complexity index is 2860. The summed E-state index contributed by atoms with van der Waals surface area (Å²) < 4.78 is 59.1. The van der Waals surface area contributed by atoms with Gasteiger partial charge in [-0.2, -0.15) is 8.42 Å². The molecule has 0 radical (unpaired) electrons. The molecule has 6 rings (SSSR count). The Labute approximate surface area is 505 Å². The van der Waals surface area contributed by atoms with E-state index in [2.05, 4.69) is 115 Å². The van der Waals surface area contributed by atoms with E-state index < -0.39 is 62.3 Å². The summed E-state index contributed by atoms with van der Waals surface area (Å²) in [5.74, 6) is -0.847. The summed E-state index contributed by atoms with van der Waals surface area (Å²) in [6.07, 6.45) is 1.32. The summed E-state index contributed by atoms with van der Waals surface area (Å²) in [6, 6.07) is 32.9. The van der Waals surface area contributed by atoms with Gasteiger partial charge >= 0.3 is 23.9 Å². The molecule has 0 bridgehead atoms. The van der Waals surface area contributed by atoms with E-state index in [0.29, 0.717) is 23.6 Å². The number of nitrogens with zero attached hydrogens (tertiary/aromatic N) is 1. The van der Waals surface area contributed by atoms with Gasteiger partial charge in [0.05, 0.1) is 62.0 Å². The second-order valence-electron chi connectivity index (χ2n) is 25.7. The molecule has 4 aromatic rings. The van der Waals surface area contributed by atoms with Gasteiger partial charge in [0.2, 0.25) is 5.91 Å². The molecule has 1 amide bonds. The van der Waals surface area contributed by atoms with E-state index in [4.69, 9.17) is 40.0 Å². The van der Waals surface area contributed by atoms with Gasteiger partial charge in [0.25, 0.3) is 10.1 Å². The molecule has 1 saturated heterocycles. The monoisotopic (exact) mass is 1200 g/mol. The molecule has 0 spiro atoms. The highest BCUT2D eigenvalue weighted by atomic mass is 35.5. The maximum atomic E-state index is 12.5. The number of carbonyl (C=O) groups excluding carboxylic acids is 5. The number of rotatable bonds is 20. The molecule has 1 aliphatic heterocycles. The number of ether oxygens (including phenoxy) is 6. The van der Waals surface area contributed by atoms with Gasteiger partial charge in [0.1, 0.15) is 35.4 Å². The molecule has 4 aromatic carbocycles. The lowest BCUT2D eigenvalue weighted by atomic mass is 9.68. The van der Waals surface area contributed by atoms with E-state index in [0.717, 1.165) is 39.6 Å². The lowest BCUT2D eigenvalue weighted by Gasteiger charge is -2.34. The fraction of sp³-hybridized carbons (Fsp3) is 0.530. The fourth-order valence-electron chi connectivity index (χ4n) is 8.55. The molecule has 1 fully saturated rings. The van der Waals surface area contributed by atoms with Crippen LogP contribution in [0.1, 0.15) is 159 Å². The number of amides is 1. The molecule has 18 heteroatoms. The predicted octanol–water partition coefficient (Wildman–Crippen LogP) is 12.3. The van der Waals surface area contributed by atoms with Crippen LogP contribution < -0.4 is 14.8 Å². The summed E-state index contributed by atoms with van der Waals surface area (Å²) in [5, 5.41) is 2.71. The fourth-order valence-corrected chi connectivity index (χ4v) is 9.61. The van der Waals surface area contributed by atoms with Crippen LogP contribution in [0.2, 0.25) is 0 Å². The maximum absolute atomic E-state index is 12.5. The standard InChI is InChI=1S/C48H55ClO10.C7H13NO.C6H13N.C5H12O3S/c1-32(30-56-42(50)24-26-44(52)58-46(2,3)4)29-54-35-20-16-33(17-21-35)48(40-14-10-8-12-38(40)39-13-9-11-15-41(39)48)34-18-22-36(23-19-34)55-31-37(28-49)57-43(51)25-27-45(53)59-47(5,6)7;1-5-6(9)8-7(2,3)4;1-6(2,3)7-4-5-7;1-5(2,3)8-9(4,6)7/h8-23,32,37H,24-31H2,1-7H3;5H,1H2,2-4H3,(H,8,9);4-5H2,1-3H3;1-4H3. The number of halogens is 1. The zero-order chi connectivity index (χ0) is 63.5. The van der Waals surface area contributed by atoms with Crippen molar-refractivity contribution in [2.45, 2.75) is 176 Å². The van der Waals surface area contributed by atoms with Crippen molar-refractivity contribution in [3.05, 3.63) is 132 Å². The van der Waals surface area contributed by atoms with Gasteiger partial charge in [-0.1, -0.05) is 86.3 Å². The molecule has 84 heavy (non-hydrogen) atoms. The van der Waals surface area contributed by atoms with Gasteiger partial charge in [0.15, 0.2) is 0 Å². The van der Waals surface area contributed by atoms with Crippen molar-refractivity contribution in [1.29, 1.82) is 0 Å². The molecule has 464 valence electrons. The summed E-state index contributed by atoms with van der Waals surface area (Å²) in [5.41, 5.74) is 4.45. The molecular formula is C66H93ClN2O14S. The Morgan fingerprint density at radius 2 is 1.02 bits per heavy atom. The number of fused-ring (bicyclic) bond motifs is 3. The normalized spacial score (nSPS) is 14.3. The molecule has 2 atom stereocenters. The van der Waals surface area contributed by atoms with Crippen LogP contribution in [0.25, 0.3) is 11.1 Å². The predicted molar refractivity (Wildman–Crippen MR) is 331 cm³/mol. The topological polar surface area (TPSA) is 199 Å². The van der Waals surface area contributed by atoms with Crippen LogP contribution in [0, 0.1) is 5.92 Å². The minimum atomic E-state index is -3.28. The van der Waals surface area contributed by atoms with Crippen LogP contribution in [-0.4, -0.2) is 122 Å². The minimum Gasteiger partial charge on any atom is -0.493 e. The van der Waals surface area contributed by atoms with Crippen LogP contribution in [0.5, 0.6) is 11.5 Å². The van der Waals surface area contributed by atoms with E-state index >= 15 is 0 Å². The van der Waals surface area contributed by atoms with Crippen molar-refractivity contribution in [3.8, 4) is 22.6 Å². The highest BCUT2D eigenvalue weighted by Gasteiger charge is 2.46.